The van der Waals surface area contributed by atoms with E-state index in [-0.39, 0.29) is 27.7 Å². The molecule has 0 fully saturated rings. The van der Waals surface area contributed by atoms with E-state index in [1.807, 2.05) is 0 Å². The predicted molar refractivity (Wildman–Crippen MR) is 159 cm³/mol. The zero-order valence-electron chi connectivity index (χ0n) is 24.3. The number of anilines is 1. The quantitative estimate of drug-likeness (QED) is 0.224. The Kier molecular flexibility index (Phi) is 8.31. The van der Waals surface area contributed by atoms with Crippen LogP contribution in [0.3, 0.4) is 0 Å². The van der Waals surface area contributed by atoms with E-state index in [1.165, 1.54) is 13.2 Å². The Balaban J connectivity index is 1.99. The molecule has 42 heavy (non-hydrogen) atoms. The maximum atomic E-state index is 13.6. The zero-order valence-corrected chi connectivity index (χ0v) is 25.2. The van der Waals surface area contributed by atoms with E-state index < -0.39 is 23.4 Å². The molecule has 4 aromatic rings. The van der Waals surface area contributed by atoms with Crippen molar-refractivity contribution in [3.05, 3.63) is 70.6 Å². The first kappa shape index (κ1) is 30.1. The van der Waals surface area contributed by atoms with Crippen LogP contribution >= 0.6 is 11.3 Å². The summed E-state index contributed by atoms with van der Waals surface area (Å²) in [6.45, 7) is 10.0. The minimum absolute atomic E-state index is 0.129. The molecule has 0 N–H and O–H groups in total. The Morgan fingerprint density at radius 3 is 2.12 bits per heavy atom. The molecule has 0 saturated carbocycles. The van der Waals surface area contributed by atoms with Gasteiger partial charge in [-0.2, -0.15) is 10.2 Å². The van der Waals surface area contributed by atoms with Crippen LogP contribution in [0, 0.1) is 11.3 Å². The second-order valence-electron chi connectivity index (χ2n) is 11.2. The number of hydrogen-bond acceptors (Lipinski definition) is 10. The standard InChI is InChI=1S/C31H30N4O6S/c1-30(2,3)40-28(37)35(29(38)41-31(4,5)6)26-21-16-23(24(36)20-13-8-9-14-22(20)39-7)42-27(21)34-25(33-26)19-12-10-11-18(15-19)17-32/h8-16H,1-7H3. The Morgan fingerprint density at radius 1 is 0.881 bits per heavy atom. The van der Waals surface area contributed by atoms with E-state index in [2.05, 4.69) is 16.0 Å². The van der Waals surface area contributed by atoms with Crippen molar-refractivity contribution in [2.24, 2.45) is 0 Å². The molecule has 11 heteroatoms. The second-order valence-corrected chi connectivity index (χ2v) is 12.2. The molecule has 0 aliphatic carbocycles. The van der Waals surface area contributed by atoms with Gasteiger partial charge in [0.25, 0.3) is 0 Å². The summed E-state index contributed by atoms with van der Waals surface area (Å²) in [5.74, 6) is 0.0565. The molecule has 0 radical (unpaired) electrons. The van der Waals surface area contributed by atoms with Crippen LogP contribution in [0.5, 0.6) is 5.75 Å². The molecule has 0 aliphatic heterocycles. The summed E-state index contributed by atoms with van der Waals surface area (Å²) in [5.41, 5.74) is -0.733. The molecule has 10 nitrogen and oxygen atoms in total. The van der Waals surface area contributed by atoms with Gasteiger partial charge in [-0.1, -0.05) is 24.3 Å². The van der Waals surface area contributed by atoms with Gasteiger partial charge in [-0.3, -0.25) is 4.79 Å². The van der Waals surface area contributed by atoms with Crippen molar-refractivity contribution >= 4 is 45.3 Å². The molecule has 2 amide bonds. The maximum Gasteiger partial charge on any atom is 0.425 e. The van der Waals surface area contributed by atoms with Crippen molar-refractivity contribution < 1.29 is 28.6 Å². The number of amides is 2. The first-order chi connectivity index (χ1) is 19.7. The van der Waals surface area contributed by atoms with Crippen LogP contribution in [0.4, 0.5) is 15.4 Å². The van der Waals surface area contributed by atoms with Crippen molar-refractivity contribution in [2.75, 3.05) is 12.0 Å². The Hall–Kier alpha value is -4.82. The number of nitriles is 1. The highest BCUT2D eigenvalue weighted by atomic mass is 32.1. The summed E-state index contributed by atoms with van der Waals surface area (Å²) in [6, 6.07) is 17.0. The van der Waals surface area contributed by atoms with Crippen molar-refractivity contribution in [3.63, 3.8) is 0 Å². The highest BCUT2D eigenvalue weighted by molar-refractivity contribution is 7.20. The van der Waals surface area contributed by atoms with Gasteiger partial charge in [0, 0.05) is 5.56 Å². The molecule has 0 atom stereocenters. The summed E-state index contributed by atoms with van der Waals surface area (Å²) < 4.78 is 16.5. The molecule has 0 unspecified atom stereocenters. The number of para-hydroxylation sites is 1. The Bertz CT molecular complexity index is 1700. The molecule has 2 aromatic carbocycles. The number of ether oxygens (including phenoxy) is 3. The lowest BCUT2D eigenvalue weighted by atomic mass is 10.1. The number of methoxy groups -OCH3 is 1. The smallest absolute Gasteiger partial charge is 0.425 e. The van der Waals surface area contributed by atoms with Crippen LogP contribution in [0.25, 0.3) is 21.6 Å². The van der Waals surface area contributed by atoms with E-state index >= 15 is 0 Å². The lowest BCUT2D eigenvalue weighted by molar-refractivity contribution is 0.0429. The van der Waals surface area contributed by atoms with Crippen LogP contribution in [0.2, 0.25) is 0 Å². The summed E-state index contributed by atoms with van der Waals surface area (Å²) in [6.07, 6.45) is -2.03. The summed E-state index contributed by atoms with van der Waals surface area (Å²) in [5, 5.41) is 9.69. The van der Waals surface area contributed by atoms with Crippen LogP contribution in [-0.2, 0) is 9.47 Å². The first-order valence-electron chi connectivity index (χ1n) is 13.0. The zero-order chi connectivity index (χ0) is 30.8. The topological polar surface area (TPSA) is 132 Å². The summed E-state index contributed by atoms with van der Waals surface area (Å²) in [4.78, 5) is 51.3. The SMILES string of the molecule is COc1ccccc1C(=O)c1cc2c(N(C(=O)OC(C)(C)C)C(=O)OC(C)(C)C)nc(-c3cccc(C#N)c3)nc2s1. The van der Waals surface area contributed by atoms with Crippen LogP contribution in [0.1, 0.15) is 62.3 Å². The van der Waals surface area contributed by atoms with Gasteiger partial charge in [0.2, 0.25) is 5.78 Å². The maximum absolute atomic E-state index is 13.6. The average Bonchev–Trinajstić information content (AvgIpc) is 3.35. The van der Waals surface area contributed by atoms with Gasteiger partial charge in [0.15, 0.2) is 11.6 Å². The van der Waals surface area contributed by atoms with Crippen LogP contribution in [-0.4, -0.2) is 46.2 Å². The molecule has 2 aromatic heterocycles. The lowest BCUT2D eigenvalue weighted by Crippen LogP contribution is -2.44. The number of benzene rings is 2. The van der Waals surface area contributed by atoms with E-state index in [1.54, 1.807) is 90.1 Å². The second kappa shape index (κ2) is 11.6. The molecule has 0 spiro atoms. The van der Waals surface area contributed by atoms with E-state index in [4.69, 9.17) is 14.2 Å². The van der Waals surface area contributed by atoms with Crippen molar-refractivity contribution in [2.45, 2.75) is 52.7 Å². The van der Waals surface area contributed by atoms with E-state index in [0.717, 1.165) is 11.3 Å². The molecule has 0 aliphatic rings. The molecule has 0 saturated heterocycles. The largest absolute Gasteiger partial charge is 0.496 e. The first-order valence-corrected chi connectivity index (χ1v) is 13.8. The Morgan fingerprint density at radius 2 is 1.52 bits per heavy atom. The molecule has 2 heterocycles. The number of hydrogen-bond donors (Lipinski definition) is 0. The lowest BCUT2D eigenvalue weighted by Gasteiger charge is -2.28. The fourth-order valence-corrected chi connectivity index (χ4v) is 4.85. The number of ketones is 1. The van der Waals surface area contributed by atoms with Gasteiger partial charge >= 0.3 is 12.2 Å². The average molecular weight is 587 g/mol. The summed E-state index contributed by atoms with van der Waals surface area (Å²) >= 11 is 1.07. The van der Waals surface area contributed by atoms with Crippen LogP contribution < -0.4 is 9.64 Å². The van der Waals surface area contributed by atoms with Gasteiger partial charge < -0.3 is 14.2 Å². The molecule has 216 valence electrons. The number of carbonyl (C=O) groups excluding carboxylic acids is 3. The monoisotopic (exact) mass is 586 g/mol. The predicted octanol–water partition coefficient (Wildman–Crippen LogP) is 7.15. The van der Waals surface area contributed by atoms with Crippen molar-refractivity contribution in [3.8, 4) is 23.2 Å². The molecule has 4 rings (SSSR count). The van der Waals surface area contributed by atoms with Gasteiger partial charge in [0.05, 0.1) is 34.6 Å². The summed E-state index contributed by atoms with van der Waals surface area (Å²) in [7, 11) is 1.47. The minimum atomic E-state index is -1.02. The van der Waals surface area contributed by atoms with E-state index in [9.17, 15) is 19.6 Å². The highest BCUT2D eigenvalue weighted by Crippen LogP contribution is 2.36. The fourth-order valence-electron chi connectivity index (χ4n) is 3.87. The van der Waals surface area contributed by atoms with Crippen molar-refractivity contribution in [1.82, 2.24) is 9.97 Å². The molecule has 0 bridgehead atoms. The van der Waals surface area contributed by atoms with Crippen LogP contribution in [0.15, 0.2) is 54.6 Å². The van der Waals surface area contributed by atoms with Crippen molar-refractivity contribution in [1.29, 1.82) is 5.26 Å². The molecular formula is C31H30N4O6S. The minimum Gasteiger partial charge on any atom is -0.496 e. The van der Waals surface area contributed by atoms with Gasteiger partial charge in [-0.05, 0) is 71.9 Å². The third-order valence-electron chi connectivity index (χ3n) is 5.56. The third-order valence-corrected chi connectivity index (χ3v) is 6.59. The number of carbonyl (C=O) groups is 3. The third kappa shape index (κ3) is 6.72. The van der Waals surface area contributed by atoms with Gasteiger partial charge in [-0.15, -0.1) is 11.3 Å². The fraction of sp³-hybridized carbons (Fsp3) is 0.290. The number of aromatic nitrogens is 2. The number of thiophene rings is 1. The molecular weight excluding hydrogens is 556 g/mol. The number of rotatable bonds is 5. The Labute approximate surface area is 247 Å². The van der Waals surface area contributed by atoms with Gasteiger partial charge in [0.1, 0.15) is 21.8 Å². The normalized spacial score (nSPS) is 11.5. The van der Waals surface area contributed by atoms with Gasteiger partial charge in [-0.25, -0.2) is 19.6 Å². The highest BCUT2D eigenvalue weighted by Gasteiger charge is 2.36. The number of nitrogens with zero attached hydrogens (tertiary/aromatic N) is 4. The van der Waals surface area contributed by atoms with E-state index in [0.29, 0.717) is 32.2 Å². The number of imide groups is 1. The number of fused-ring (bicyclic) bond motifs is 1.